The van der Waals surface area contributed by atoms with Crippen molar-refractivity contribution in [3.63, 3.8) is 0 Å². The lowest BCUT2D eigenvalue weighted by Gasteiger charge is -2.29. The topological polar surface area (TPSA) is 698 Å². The molecule has 2 aromatic carbocycles. The molecule has 105 heavy (non-hydrogen) atoms. The first-order chi connectivity index (χ1) is 49.7. The zero-order valence-electron chi connectivity index (χ0n) is 59.2. The number of nitrogens with one attached hydrogen (secondary N) is 11. The fourth-order valence-corrected chi connectivity index (χ4v) is 10.7. The highest BCUT2D eigenvalue weighted by molar-refractivity contribution is 6.00. The van der Waals surface area contributed by atoms with Gasteiger partial charge in [-0.05, 0) is 132 Å². The Morgan fingerprint density at radius 2 is 0.876 bits per heavy atom. The molecule has 0 saturated carbocycles. The third-order valence-corrected chi connectivity index (χ3v) is 16.5. The Hall–Kier alpha value is -10.8. The van der Waals surface area contributed by atoms with Crippen molar-refractivity contribution in [1.82, 2.24) is 58.2 Å². The molecule has 0 unspecified atom stereocenters. The number of carboxylic acid groups (broad SMARTS) is 1. The van der Waals surface area contributed by atoms with E-state index in [1.807, 2.05) is 0 Å². The van der Waals surface area contributed by atoms with Crippen LogP contribution in [-0.4, -0.2) is 220 Å². The van der Waals surface area contributed by atoms with Gasteiger partial charge in [0.2, 0.25) is 70.9 Å². The molecule has 39 nitrogen and oxygen atoms in total. The second-order valence-electron chi connectivity index (χ2n) is 25.5. The van der Waals surface area contributed by atoms with E-state index in [-0.39, 0.29) is 108 Å². The highest BCUT2D eigenvalue weighted by Gasteiger charge is 2.38. The SMILES string of the molecule is CC(C)[C@H](NC(=O)[C@H](CCC(N)=O)NC(=O)[C@@H](NC(=O)[C@H](CO)NC(=O)[C@H](Cc1ccc(O)cc1)NC(=O)[C@H](CCCN=C(N)N)NC(=O)[C@H](CCCCN)NC(=O)[C@H](CCCCN)NC(=O)[C@H](CCCN=C(N)N)NC(=O)[C@H](Cc1c[nH]c2ccccc12)NC(=O)[C@@H](N)CCC(=O)O)[C@@H](C)O)C(N)=O. The Kier molecular flexibility index (Phi) is 38.8. The molecule has 12 atom stereocenters. The number of carbonyl (C=O) groups is 13. The molecule has 3 rings (SSSR count). The van der Waals surface area contributed by atoms with Crippen molar-refractivity contribution in [2.45, 2.75) is 196 Å². The highest BCUT2D eigenvalue weighted by Crippen LogP contribution is 2.21. The molecule has 582 valence electrons. The summed E-state index contributed by atoms with van der Waals surface area (Å²) >= 11 is 0. The van der Waals surface area contributed by atoms with Crippen LogP contribution in [0, 0.1) is 5.92 Å². The van der Waals surface area contributed by atoms with Gasteiger partial charge in [-0.15, -0.1) is 0 Å². The van der Waals surface area contributed by atoms with Gasteiger partial charge in [0.25, 0.3) is 0 Å². The lowest BCUT2D eigenvalue weighted by atomic mass is 10.0. The molecular formula is C66H106N22O17. The number of aliphatic carboxylic acids is 1. The zero-order chi connectivity index (χ0) is 78.5. The molecule has 1 heterocycles. The summed E-state index contributed by atoms with van der Waals surface area (Å²) in [5.41, 5.74) is 52.5. The number of H-pyrrole nitrogens is 1. The van der Waals surface area contributed by atoms with Crippen LogP contribution in [0.25, 0.3) is 10.9 Å². The van der Waals surface area contributed by atoms with E-state index < -0.39 is 188 Å². The molecule has 0 aliphatic carbocycles. The van der Waals surface area contributed by atoms with Gasteiger partial charge in [-0.2, -0.15) is 0 Å². The standard InChI is InChI=1S/C66H106N22O17/c1-34(2)52(54(71)95)87-60(101)46(23-24-50(70)92)83-64(105)53(35(3)90)88-63(104)49(33-89)86-61(102)47(30-36-18-20-38(91)21-19-36)85-59(100)45(17-11-29-77-66(74)75)81-57(98)43(15-7-9-27-68)79-56(97)42(14-6-8-26-67)80-58(99)44(16-10-28-76-65(72)73)82-62(103)48(84-55(96)40(69)22-25-51(93)94)31-37-32-78-41-13-5-4-12-39(37)41/h4-5,12-13,18-21,32,34-35,40,42-49,52-53,78,89-91H,6-11,14-17,22-31,33,67-69H2,1-3H3,(H2,70,92)(H2,71,95)(H,79,97)(H,80,99)(H,81,98)(H,82,103)(H,83,105)(H,84,96)(H,85,100)(H,86,102)(H,87,101)(H,88,104)(H,93,94)(H4,72,73,76)(H4,74,75,77)/t35-,40+,42+,43+,44+,45+,46+,47+,48+,49+,52+,53+/m1/s1. The van der Waals surface area contributed by atoms with Crippen molar-refractivity contribution < 1.29 is 82.8 Å². The van der Waals surface area contributed by atoms with E-state index in [4.69, 9.17) is 51.6 Å². The molecule has 12 amide bonds. The van der Waals surface area contributed by atoms with Gasteiger partial charge < -0.3 is 130 Å². The van der Waals surface area contributed by atoms with E-state index in [0.717, 1.165) is 6.92 Å². The first kappa shape index (κ1) is 88.4. The summed E-state index contributed by atoms with van der Waals surface area (Å²) in [7, 11) is 0. The number of aromatic nitrogens is 1. The van der Waals surface area contributed by atoms with Crippen molar-refractivity contribution in [3.8, 4) is 5.75 Å². The number of nitrogens with zero attached hydrogens (tertiary/aromatic N) is 2. The molecule has 0 radical (unpaired) electrons. The lowest BCUT2D eigenvalue weighted by molar-refractivity contribution is -0.137. The maximum atomic E-state index is 14.8. The fraction of sp³-hybridized carbons (Fsp3) is 0.561. The summed E-state index contributed by atoms with van der Waals surface area (Å²) < 4.78 is 0. The number of aliphatic imine (C=N–C) groups is 2. The number of aromatic amines is 1. The molecular weight excluding hydrogens is 1370 g/mol. The molecule has 1 aromatic heterocycles. The van der Waals surface area contributed by atoms with Gasteiger partial charge in [-0.3, -0.25) is 72.3 Å². The summed E-state index contributed by atoms with van der Waals surface area (Å²) in [5, 5.41) is 66.6. The number of primary amides is 2. The number of phenols is 1. The quantitative estimate of drug-likeness (QED) is 0.0142. The molecule has 0 spiro atoms. The third kappa shape index (κ3) is 32.2. The molecule has 0 aliphatic heterocycles. The summed E-state index contributed by atoms with van der Waals surface area (Å²) in [4.78, 5) is 189. The van der Waals surface area contributed by atoms with Gasteiger partial charge >= 0.3 is 5.97 Å². The summed E-state index contributed by atoms with van der Waals surface area (Å²) in [6.07, 6.45) is -1.61. The van der Waals surface area contributed by atoms with E-state index in [9.17, 15) is 82.8 Å². The second kappa shape index (κ2) is 46.1. The Bertz CT molecular complexity index is 3450. The molecule has 3 aromatic rings. The predicted octanol–water partition coefficient (Wildman–Crippen LogP) is -7.16. The smallest absolute Gasteiger partial charge is 0.303 e. The Labute approximate surface area is 606 Å². The average molecular weight is 1480 g/mol. The third-order valence-electron chi connectivity index (χ3n) is 16.5. The number of fused-ring (bicyclic) bond motifs is 1. The van der Waals surface area contributed by atoms with Gasteiger partial charge in [0.05, 0.1) is 18.8 Å². The minimum Gasteiger partial charge on any atom is -0.508 e. The molecule has 0 saturated heterocycles. The number of aromatic hydroxyl groups is 1. The Balaban J connectivity index is 2.04. The van der Waals surface area contributed by atoms with Gasteiger partial charge in [0, 0.05) is 55.9 Å². The van der Waals surface area contributed by atoms with Crippen molar-refractivity contribution in [2.24, 2.45) is 67.5 Å². The maximum Gasteiger partial charge on any atom is 0.303 e. The van der Waals surface area contributed by atoms with Crippen LogP contribution in [0.15, 0.2) is 64.7 Å². The molecule has 33 N–H and O–H groups in total. The number of rotatable bonds is 50. The molecule has 0 fully saturated rings. The first-order valence-corrected chi connectivity index (χ1v) is 34.4. The number of nitrogens with two attached hydrogens (primary N) is 9. The van der Waals surface area contributed by atoms with E-state index in [0.29, 0.717) is 34.9 Å². The summed E-state index contributed by atoms with van der Waals surface area (Å²) in [5.74, 6) is -14.5. The number of carboxylic acids is 1. The van der Waals surface area contributed by atoms with Crippen LogP contribution in [0.2, 0.25) is 0 Å². The van der Waals surface area contributed by atoms with Crippen LogP contribution in [0.3, 0.4) is 0 Å². The number of para-hydroxylation sites is 1. The Morgan fingerprint density at radius 3 is 1.32 bits per heavy atom. The van der Waals surface area contributed by atoms with E-state index in [1.54, 1.807) is 44.3 Å². The number of phenolic OH excluding ortho intramolecular Hbond substituents is 1. The highest BCUT2D eigenvalue weighted by atomic mass is 16.4. The van der Waals surface area contributed by atoms with Crippen LogP contribution in [0.1, 0.15) is 122 Å². The van der Waals surface area contributed by atoms with E-state index in [1.165, 1.54) is 24.3 Å². The monoisotopic (exact) mass is 1480 g/mol. The summed E-state index contributed by atoms with van der Waals surface area (Å²) in [6, 6.07) is -4.69. The number of amides is 12. The fourth-order valence-electron chi connectivity index (χ4n) is 10.7. The normalized spacial score (nSPS) is 14.6. The molecule has 0 aliphatic rings. The Morgan fingerprint density at radius 1 is 0.467 bits per heavy atom. The number of unbranched alkanes of at least 4 members (excludes halogenated alkanes) is 2. The molecule has 0 bridgehead atoms. The predicted molar refractivity (Wildman–Crippen MR) is 385 cm³/mol. The van der Waals surface area contributed by atoms with Gasteiger partial charge in [-0.1, -0.05) is 44.2 Å². The second-order valence-corrected chi connectivity index (χ2v) is 25.5. The van der Waals surface area contributed by atoms with Gasteiger partial charge in [0.15, 0.2) is 11.9 Å². The number of aliphatic hydroxyl groups excluding tert-OH is 2. The van der Waals surface area contributed by atoms with Crippen molar-refractivity contribution in [1.29, 1.82) is 0 Å². The van der Waals surface area contributed by atoms with Crippen LogP contribution >= 0.6 is 0 Å². The lowest BCUT2D eigenvalue weighted by Crippen LogP contribution is -2.62. The van der Waals surface area contributed by atoms with Crippen LogP contribution in [-0.2, 0) is 75.2 Å². The van der Waals surface area contributed by atoms with E-state index in [2.05, 4.69) is 68.1 Å². The van der Waals surface area contributed by atoms with E-state index >= 15 is 0 Å². The van der Waals surface area contributed by atoms with Crippen LogP contribution in [0.4, 0.5) is 0 Å². The van der Waals surface area contributed by atoms with Crippen LogP contribution < -0.4 is 105 Å². The van der Waals surface area contributed by atoms with Crippen molar-refractivity contribution >= 4 is 99.7 Å². The number of guanidine groups is 2. The largest absolute Gasteiger partial charge is 0.508 e. The van der Waals surface area contributed by atoms with Crippen molar-refractivity contribution in [3.05, 3.63) is 65.9 Å². The number of benzene rings is 2. The zero-order valence-corrected chi connectivity index (χ0v) is 59.2. The van der Waals surface area contributed by atoms with Gasteiger partial charge in [0.1, 0.15) is 66.2 Å². The number of hydrogen-bond donors (Lipinski definition) is 24. The number of aliphatic hydroxyl groups is 2. The average Bonchev–Trinajstić information content (AvgIpc) is 1.58. The van der Waals surface area contributed by atoms with Gasteiger partial charge in [-0.25, -0.2) is 0 Å². The molecule has 39 heteroatoms. The summed E-state index contributed by atoms with van der Waals surface area (Å²) in [6.45, 7) is 3.27. The first-order valence-electron chi connectivity index (χ1n) is 34.4. The number of carbonyl (C=O) groups excluding carboxylic acids is 12. The minimum absolute atomic E-state index is 0.00212. The maximum absolute atomic E-state index is 14.8. The van der Waals surface area contributed by atoms with Crippen LogP contribution in [0.5, 0.6) is 5.75 Å². The van der Waals surface area contributed by atoms with Crippen molar-refractivity contribution in [2.75, 3.05) is 32.8 Å². The number of hydrogen-bond acceptors (Lipinski definition) is 21. The minimum atomic E-state index is -1.95.